The van der Waals surface area contributed by atoms with E-state index in [1.165, 1.54) is 0 Å². The molecule has 2 aliphatic rings. The molecule has 8 heteroatoms. The molecule has 126 valence electrons. The van der Waals surface area contributed by atoms with Crippen LogP contribution in [0.4, 0.5) is 4.79 Å². The highest BCUT2D eigenvalue weighted by Crippen LogP contribution is 2.37. The SMILES string of the molecule is CC(C)(C)OC(=O)N1Cc2c(C(N)=O)c(I)cn2C2(COC2)C1. The Kier molecular flexibility index (Phi) is 3.87. The van der Waals surface area contributed by atoms with Gasteiger partial charge in [-0.05, 0) is 43.4 Å². The normalized spacial score (nSPS) is 19.2. The number of fused-ring (bicyclic) bond motifs is 2. The molecule has 0 aromatic carbocycles. The minimum atomic E-state index is -0.569. The van der Waals surface area contributed by atoms with Gasteiger partial charge in [0.1, 0.15) is 11.1 Å². The van der Waals surface area contributed by atoms with Crippen molar-refractivity contribution in [2.45, 2.75) is 38.5 Å². The third kappa shape index (κ3) is 2.82. The number of primary amides is 1. The van der Waals surface area contributed by atoms with Crippen molar-refractivity contribution < 1.29 is 19.1 Å². The molecule has 1 aromatic heterocycles. The number of rotatable bonds is 1. The number of hydrogen-bond donors (Lipinski definition) is 1. The van der Waals surface area contributed by atoms with Crippen molar-refractivity contribution in [2.24, 2.45) is 5.73 Å². The number of nitrogens with zero attached hydrogens (tertiary/aromatic N) is 2. The number of carbonyl (C=O) groups excluding carboxylic acids is 2. The fourth-order valence-corrected chi connectivity index (χ4v) is 3.90. The van der Waals surface area contributed by atoms with Gasteiger partial charge in [0, 0.05) is 9.77 Å². The van der Waals surface area contributed by atoms with Crippen LogP contribution < -0.4 is 5.73 Å². The highest BCUT2D eigenvalue weighted by atomic mass is 127. The standard InChI is InChI=1S/C15H20IN3O4/c1-14(2,3)23-13(21)18-5-10-11(12(17)20)9(16)4-19(10)15(6-18)7-22-8-15/h4H,5-8H2,1-3H3,(H2,17,20). The number of amides is 2. The number of ether oxygens (including phenoxy) is 2. The van der Waals surface area contributed by atoms with Crippen molar-refractivity contribution in [3.05, 3.63) is 21.0 Å². The molecule has 1 fully saturated rings. The molecule has 0 unspecified atom stereocenters. The van der Waals surface area contributed by atoms with Crippen LogP contribution in [0.2, 0.25) is 0 Å². The number of nitrogens with two attached hydrogens (primary N) is 1. The van der Waals surface area contributed by atoms with Gasteiger partial charge in [0.2, 0.25) is 0 Å². The molecule has 2 aliphatic heterocycles. The van der Waals surface area contributed by atoms with E-state index in [1.54, 1.807) is 4.90 Å². The van der Waals surface area contributed by atoms with Crippen molar-refractivity contribution >= 4 is 34.6 Å². The van der Waals surface area contributed by atoms with Crippen LogP contribution >= 0.6 is 22.6 Å². The average molecular weight is 433 g/mol. The Hall–Kier alpha value is -1.29. The predicted molar refractivity (Wildman–Crippen MR) is 91.1 cm³/mol. The zero-order valence-corrected chi connectivity index (χ0v) is 15.5. The van der Waals surface area contributed by atoms with E-state index in [1.807, 2.05) is 27.0 Å². The third-order valence-electron chi connectivity index (χ3n) is 4.04. The first-order chi connectivity index (χ1) is 10.6. The van der Waals surface area contributed by atoms with Crippen LogP contribution in [-0.4, -0.2) is 46.8 Å². The molecule has 0 bridgehead atoms. The Morgan fingerprint density at radius 2 is 2.04 bits per heavy atom. The van der Waals surface area contributed by atoms with E-state index in [2.05, 4.69) is 27.2 Å². The van der Waals surface area contributed by atoms with Gasteiger partial charge in [-0.3, -0.25) is 9.69 Å². The Morgan fingerprint density at radius 3 is 2.52 bits per heavy atom. The average Bonchev–Trinajstić information content (AvgIpc) is 2.69. The molecule has 3 heterocycles. The first-order valence-corrected chi connectivity index (χ1v) is 8.46. The molecule has 2 amide bonds. The summed E-state index contributed by atoms with van der Waals surface area (Å²) < 4.78 is 13.7. The van der Waals surface area contributed by atoms with Crippen molar-refractivity contribution in [2.75, 3.05) is 19.8 Å². The van der Waals surface area contributed by atoms with Crippen molar-refractivity contribution in [3.8, 4) is 0 Å². The van der Waals surface area contributed by atoms with E-state index >= 15 is 0 Å². The molecule has 0 radical (unpaired) electrons. The van der Waals surface area contributed by atoms with E-state index in [-0.39, 0.29) is 11.6 Å². The van der Waals surface area contributed by atoms with Gasteiger partial charge in [-0.15, -0.1) is 0 Å². The van der Waals surface area contributed by atoms with Crippen LogP contribution in [0.5, 0.6) is 0 Å². The molecule has 1 saturated heterocycles. The molecule has 1 spiro atoms. The topological polar surface area (TPSA) is 86.8 Å². The van der Waals surface area contributed by atoms with Gasteiger partial charge < -0.3 is 19.8 Å². The molecule has 0 atom stereocenters. The molecule has 0 saturated carbocycles. The number of halogens is 1. The summed E-state index contributed by atoms with van der Waals surface area (Å²) in [5.41, 5.74) is 5.86. The van der Waals surface area contributed by atoms with E-state index in [4.69, 9.17) is 15.2 Å². The maximum absolute atomic E-state index is 12.5. The van der Waals surface area contributed by atoms with Crippen LogP contribution in [0.25, 0.3) is 0 Å². The van der Waals surface area contributed by atoms with Gasteiger partial charge in [-0.2, -0.15) is 0 Å². The van der Waals surface area contributed by atoms with Gasteiger partial charge in [-0.1, -0.05) is 0 Å². The molecular formula is C15H20IN3O4. The lowest BCUT2D eigenvalue weighted by Crippen LogP contribution is -2.62. The highest BCUT2D eigenvalue weighted by Gasteiger charge is 2.48. The fourth-order valence-electron chi connectivity index (χ4n) is 3.04. The number of aromatic nitrogens is 1. The summed E-state index contributed by atoms with van der Waals surface area (Å²) in [7, 11) is 0. The lowest BCUT2D eigenvalue weighted by molar-refractivity contribution is -0.125. The van der Waals surface area contributed by atoms with Crippen LogP contribution in [-0.2, 0) is 21.6 Å². The molecule has 3 rings (SSSR count). The second-order valence-corrected chi connectivity index (χ2v) is 8.25. The fraction of sp³-hybridized carbons (Fsp3) is 0.600. The van der Waals surface area contributed by atoms with Gasteiger partial charge in [-0.25, -0.2) is 4.79 Å². The summed E-state index contributed by atoms with van der Waals surface area (Å²) in [5, 5.41) is 0. The van der Waals surface area contributed by atoms with Gasteiger partial charge >= 0.3 is 6.09 Å². The zero-order valence-electron chi connectivity index (χ0n) is 13.4. The lowest BCUT2D eigenvalue weighted by Gasteiger charge is -2.49. The summed E-state index contributed by atoms with van der Waals surface area (Å²) in [6.07, 6.45) is 1.53. The van der Waals surface area contributed by atoms with E-state index in [0.717, 1.165) is 9.26 Å². The Balaban J connectivity index is 1.98. The van der Waals surface area contributed by atoms with Crippen molar-refractivity contribution in [3.63, 3.8) is 0 Å². The van der Waals surface area contributed by atoms with Crippen molar-refractivity contribution in [1.29, 1.82) is 0 Å². The quantitative estimate of drug-likeness (QED) is 0.683. The Bertz CT molecular complexity index is 673. The van der Waals surface area contributed by atoms with Gasteiger partial charge in [0.15, 0.2) is 0 Å². The summed E-state index contributed by atoms with van der Waals surface area (Å²) in [6.45, 7) is 7.30. The first-order valence-electron chi connectivity index (χ1n) is 7.39. The largest absolute Gasteiger partial charge is 0.444 e. The number of carbonyl (C=O) groups is 2. The van der Waals surface area contributed by atoms with Gasteiger partial charge in [0.25, 0.3) is 5.91 Å². The summed E-state index contributed by atoms with van der Waals surface area (Å²) in [5.74, 6) is -0.482. The van der Waals surface area contributed by atoms with Crippen LogP contribution in [0, 0.1) is 3.57 Å². The van der Waals surface area contributed by atoms with Gasteiger partial charge in [0.05, 0.1) is 37.6 Å². The molecule has 1 aromatic rings. The van der Waals surface area contributed by atoms with Crippen LogP contribution in [0.3, 0.4) is 0 Å². The Morgan fingerprint density at radius 1 is 1.39 bits per heavy atom. The number of hydrogen-bond acceptors (Lipinski definition) is 4. The van der Waals surface area contributed by atoms with Crippen molar-refractivity contribution in [1.82, 2.24) is 9.47 Å². The Labute approximate surface area is 148 Å². The highest BCUT2D eigenvalue weighted by molar-refractivity contribution is 14.1. The maximum atomic E-state index is 12.5. The molecular weight excluding hydrogens is 413 g/mol. The summed E-state index contributed by atoms with van der Waals surface area (Å²) in [4.78, 5) is 25.9. The summed E-state index contributed by atoms with van der Waals surface area (Å²) in [6, 6.07) is 0. The third-order valence-corrected chi connectivity index (χ3v) is 4.85. The van der Waals surface area contributed by atoms with E-state index in [9.17, 15) is 9.59 Å². The molecule has 2 N–H and O–H groups in total. The predicted octanol–water partition coefficient (Wildman–Crippen LogP) is 1.67. The van der Waals surface area contributed by atoms with E-state index in [0.29, 0.717) is 31.9 Å². The van der Waals surface area contributed by atoms with Crippen LogP contribution in [0.15, 0.2) is 6.20 Å². The smallest absolute Gasteiger partial charge is 0.410 e. The molecule has 0 aliphatic carbocycles. The molecule has 7 nitrogen and oxygen atoms in total. The molecule has 23 heavy (non-hydrogen) atoms. The summed E-state index contributed by atoms with van der Waals surface area (Å²) >= 11 is 2.10. The first kappa shape index (κ1) is 16.6. The van der Waals surface area contributed by atoms with E-state index < -0.39 is 11.5 Å². The second kappa shape index (κ2) is 5.37. The second-order valence-electron chi connectivity index (χ2n) is 7.09. The minimum Gasteiger partial charge on any atom is -0.444 e. The van der Waals surface area contributed by atoms with Crippen LogP contribution in [0.1, 0.15) is 36.8 Å². The lowest BCUT2D eigenvalue weighted by atomic mass is 9.93. The zero-order chi connectivity index (χ0) is 17.0. The maximum Gasteiger partial charge on any atom is 0.410 e. The monoisotopic (exact) mass is 433 g/mol. The minimum absolute atomic E-state index is 0.304.